The molecule has 3 aromatic rings. The molecule has 0 fully saturated rings. The summed E-state index contributed by atoms with van der Waals surface area (Å²) in [5.41, 5.74) is 4.90. The lowest BCUT2D eigenvalue weighted by atomic mass is 10.2. The van der Waals surface area contributed by atoms with E-state index in [1.807, 2.05) is 56.6 Å². The Bertz CT molecular complexity index is 957. The Morgan fingerprint density at radius 3 is 2.62 bits per heavy atom. The summed E-state index contributed by atoms with van der Waals surface area (Å²) in [5.74, 6) is -0.171. The van der Waals surface area contributed by atoms with Crippen LogP contribution in [0.1, 0.15) is 39.9 Å². The SMILES string of the molecule is CCn1ncc(C(=O)Nc2c(C)nn(Cc3cccc(Cl)c3)c2C)c1C. The Morgan fingerprint density at radius 1 is 1.19 bits per heavy atom. The number of anilines is 1. The molecule has 26 heavy (non-hydrogen) atoms. The van der Waals surface area contributed by atoms with Crippen LogP contribution in [0.4, 0.5) is 5.69 Å². The van der Waals surface area contributed by atoms with Gasteiger partial charge in [0.1, 0.15) is 0 Å². The Kier molecular flexibility index (Phi) is 5.13. The molecule has 0 spiro atoms. The average Bonchev–Trinajstić information content (AvgIpc) is 3.09. The minimum Gasteiger partial charge on any atom is -0.319 e. The van der Waals surface area contributed by atoms with Gasteiger partial charge < -0.3 is 5.32 Å². The summed E-state index contributed by atoms with van der Waals surface area (Å²) >= 11 is 6.06. The highest BCUT2D eigenvalue weighted by Crippen LogP contribution is 2.22. The summed E-state index contributed by atoms with van der Waals surface area (Å²) in [7, 11) is 0. The molecule has 1 N–H and O–H groups in total. The third-order valence-electron chi connectivity index (χ3n) is 4.49. The number of benzene rings is 1. The molecule has 2 heterocycles. The Morgan fingerprint density at radius 2 is 1.96 bits per heavy atom. The maximum Gasteiger partial charge on any atom is 0.259 e. The van der Waals surface area contributed by atoms with Gasteiger partial charge in [0, 0.05) is 17.3 Å². The van der Waals surface area contributed by atoms with Crippen LogP contribution in [0.25, 0.3) is 0 Å². The summed E-state index contributed by atoms with van der Waals surface area (Å²) in [6.07, 6.45) is 1.61. The van der Waals surface area contributed by atoms with E-state index in [4.69, 9.17) is 11.6 Å². The highest BCUT2D eigenvalue weighted by Gasteiger charge is 2.18. The lowest BCUT2D eigenvalue weighted by Gasteiger charge is -2.08. The molecule has 136 valence electrons. The first-order valence-corrected chi connectivity index (χ1v) is 8.90. The third kappa shape index (κ3) is 3.51. The topological polar surface area (TPSA) is 64.7 Å². The highest BCUT2D eigenvalue weighted by molar-refractivity contribution is 6.30. The van der Waals surface area contributed by atoms with Crippen LogP contribution in [0, 0.1) is 20.8 Å². The van der Waals surface area contributed by atoms with E-state index in [1.54, 1.807) is 10.9 Å². The number of halogens is 1. The van der Waals surface area contributed by atoms with Crippen molar-refractivity contribution in [2.24, 2.45) is 0 Å². The van der Waals surface area contributed by atoms with E-state index >= 15 is 0 Å². The second-order valence-corrected chi connectivity index (χ2v) is 6.68. The summed E-state index contributed by atoms with van der Waals surface area (Å²) in [4.78, 5) is 12.7. The number of rotatable bonds is 5. The minimum atomic E-state index is -0.171. The lowest BCUT2D eigenvalue weighted by molar-refractivity contribution is 0.102. The molecule has 7 heteroatoms. The Hall–Kier alpha value is -2.60. The fraction of sp³-hybridized carbons (Fsp3) is 0.316. The fourth-order valence-electron chi connectivity index (χ4n) is 3.01. The smallest absolute Gasteiger partial charge is 0.259 e. The molecule has 0 radical (unpaired) electrons. The molecule has 0 saturated carbocycles. The van der Waals surface area contributed by atoms with Crippen molar-refractivity contribution < 1.29 is 4.79 Å². The third-order valence-corrected chi connectivity index (χ3v) is 4.72. The number of aromatic nitrogens is 4. The van der Waals surface area contributed by atoms with Gasteiger partial charge in [-0.2, -0.15) is 10.2 Å². The van der Waals surface area contributed by atoms with Crippen LogP contribution in [0.2, 0.25) is 5.02 Å². The number of nitrogens with one attached hydrogen (secondary N) is 1. The van der Waals surface area contributed by atoms with E-state index in [2.05, 4.69) is 15.5 Å². The summed E-state index contributed by atoms with van der Waals surface area (Å²) in [6.45, 7) is 9.05. The molecule has 0 aliphatic heterocycles. The number of carbonyl (C=O) groups excluding carboxylic acids is 1. The van der Waals surface area contributed by atoms with Gasteiger partial charge in [-0.05, 0) is 45.4 Å². The second-order valence-electron chi connectivity index (χ2n) is 6.25. The van der Waals surface area contributed by atoms with Gasteiger partial charge in [-0.3, -0.25) is 14.2 Å². The highest BCUT2D eigenvalue weighted by atomic mass is 35.5. The van der Waals surface area contributed by atoms with Gasteiger partial charge >= 0.3 is 0 Å². The zero-order chi connectivity index (χ0) is 18.8. The predicted octanol–water partition coefficient (Wildman–Crippen LogP) is 3.98. The first-order chi connectivity index (χ1) is 12.4. The zero-order valence-electron chi connectivity index (χ0n) is 15.4. The molecule has 0 aliphatic carbocycles. The van der Waals surface area contributed by atoms with Crippen molar-refractivity contribution in [1.82, 2.24) is 19.6 Å². The van der Waals surface area contributed by atoms with E-state index in [-0.39, 0.29) is 5.91 Å². The molecule has 0 bridgehead atoms. The number of hydrogen-bond acceptors (Lipinski definition) is 3. The van der Waals surface area contributed by atoms with Crippen molar-refractivity contribution in [3.8, 4) is 0 Å². The molecule has 1 amide bonds. The fourth-order valence-corrected chi connectivity index (χ4v) is 3.22. The molecule has 2 aromatic heterocycles. The number of aryl methyl sites for hydroxylation is 2. The van der Waals surface area contributed by atoms with Crippen molar-refractivity contribution in [2.75, 3.05) is 5.32 Å². The molecule has 3 rings (SSSR count). The normalized spacial score (nSPS) is 11.0. The molecular weight excluding hydrogens is 350 g/mol. The van der Waals surface area contributed by atoms with Crippen LogP contribution in [0.3, 0.4) is 0 Å². The van der Waals surface area contributed by atoms with E-state index < -0.39 is 0 Å². The lowest BCUT2D eigenvalue weighted by Crippen LogP contribution is -2.14. The summed E-state index contributed by atoms with van der Waals surface area (Å²) in [6, 6.07) is 7.68. The molecule has 0 saturated heterocycles. The van der Waals surface area contributed by atoms with Crippen molar-refractivity contribution in [3.05, 3.63) is 63.7 Å². The van der Waals surface area contributed by atoms with Crippen LogP contribution in [0.15, 0.2) is 30.5 Å². The Labute approximate surface area is 157 Å². The number of hydrogen-bond donors (Lipinski definition) is 1. The maximum atomic E-state index is 12.7. The van der Waals surface area contributed by atoms with Gasteiger partial charge in [-0.25, -0.2) is 0 Å². The van der Waals surface area contributed by atoms with Crippen LogP contribution < -0.4 is 5.32 Å². The van der Waals surface area contributed by atoms with Gasteiger partial charge in [-0.15, -0.1) is 0 Å². The van der Waals surface area contributed by atoms with E-state index in [1.165, 1.54) is 0 Å². The molecule has 1 aromatic carbocycles. The van der Waals surface area contributed by atoms with Gasteiger partial charge in [0.15, 0.2) is 0 Å². The standard InChI is InChI=1S/C19H22ClN5O/c1-5-24-13(3)17(10-21-24)19(26)22-18-12(2)23-25(14(18)4)11-15-7-6-8-16(20)9-15/h6-10H,5,11H2,1-4H3,(H,22,26). The van der Waals surface area contributed by atoms with Crippen molar-refractivity contribution in [1.29, 1.82) is 0 Å². The van der Waals surface area contributed by atoms with Gasteiger partial charge in [-0.1, -0.05) is 23.7 Å². The van der Waals surface area contributed by atoms with Gasteiger partial charge in [0.05, 0.1) is 35.4 Å². The molecule has 6 nitrogen and oxygen atoms in total. The first-order valence-electron chi connectivity index (χ1n) is 8.53. The number of amides is 1. The monoisotopic (exact) mass is 371 g/mol. The largest absolute Gasteiger partial charge is 0.319 e. The number of carbonyl (C=O) groups is 1. The molecule has 0 aliphatic rings. The molecule has 0 atom stereocenters. The summed E-state index contributed by atoms with van der Waals surface area (Å²) in [5, 5.41) is 12.5. The van der Waals surface area contributed by atoms with Gasteiger partial charge in [0.2, 0.25) is 0 Å². The van der Waals surface area contributed by atoms with Crippen molar-refractivity contribution in [3.63, 3.8) is 0 Å². The zero-order valence-corrected chi connectivity index (χ0v) is 16.1. The van der Waals surface area contributed by atoms with Crippen molar-refractivity contribution >= 4 is 23.2 Å². The predicted molar refractivity (Wildman–Crippen MR) is 103 cm³/mol. The van der Waals surface area contributed by atoms with Crippen LogP contribution >= 0.6 is 11.6 Å². The molecule has 0 unspecified atom stereocenters. The Balaban J connectivity index is 1.83. The van der Waals surface area contributed by atoms with Crippen LogP contribution in [-0.4, -0.2) is 25.5 Å². The first kappa shape index (κ1) is 18.2. The van der Waals surface area contributed by atoms with Crippen molar-refractivity contribution in [2.45, 2.75) is 40.8 Å². The summed E-state index contributed by atoms with van der Waals surface area (Å²) < 4.78 is 3.68. The van der Waals surface area contributed by atoms with E-state index in [0.29, 0.717) is 17.1 Å². The minimum absolute atomic E-state index is 0.171. The average molecular weight is 372 g/mol. The van der Waals surface area contributed by atoms with Crippen LogP contribution in [0.5, 0.6) is 0 Å². The van der Waals surface area contributed by atoms with E-state index in [0.717, 1.165) is 34.9 Å². The number of nitrogens with zero attached hydrogens (tertiary/aromatic N) is 4. The van der Waals surface area contributed by atoms with E-state index in [9.17, 15) is 4.79 Å². The second kappa shape index (κ2) is 7.33. The maximum absolute atomic E-state index is 12.7. The quantitative estimate of drug-likeness (QED) is 0.737. The van der Waals surface area contributed by atoms with Gasteiger partial charge in [0.25, 0.3) is 5.91 Å². The van der Waals surface area contributed by atoms with Crippen LogP contribution in [-0.2, 0) is 13.1 Å². The molecular formula is C19H22ClN5O.